The van der Waals surface area contributed by atoms with Crippen LogP contribution in [0.5, 0.6) is 11.5 Å². The normalized spacial score (nSPS) is 18.9. The number of benzene rings is 3. The number of ether oxygens (including phenoxy) is 1. The van der Waals surface area contributed by atoms with Crippen molar-refractivity contribution in [1.29, 1.82) is 0 Å². The lowest BCUT2D eigenvalue weighted by Crippen LogP contribution is -2.42. The van der Waals surface area contributed by atoms with E-state index in [2.05, 4.69) is 5.32 Å². The van der Waals surface area contributed by atoms with Gasteiger partial charge in [0.1, 0.15) is 11.5 Å². The molecule has 0 heterocycles. The summed E-state index contributed by atoms with van der Waals surface area (Å²) in [6.07, 6.45) is 2.76. The summed E-state index contributed by atoms with van der Waals surface area (Å²) in [5, 5.41) is 16.3. The fourth-order valence-electron chi connectivity index (χ4n) is 3.98. The minimum Gasteiger partial charge on any atom is -0.550 e. The van der Waals surface area contributed by atoms with Gasteiger partial charge in [-0.05, 0) is 48.6 Å². The first-order valence-corrected chi connectivity index (χ1v) is 9.89. The fraction of sp³-hybridized carbons (Fsp3) is 0.250. The molecule has 0 bridgehead atoms. The topological polar surface area (TPSA) is 78.5 Å². The second kappa shape index (κ2) is 8.35. The van der Waals surface area contributed by atoms with Crippen LogP contribution >= 0.6 is 0 Å². The average molecular weight is 388 g/mol. The van der Waals surface area contributed by atoms with Gasteiger partial charge in [-0.3, -0.25) is 4.79 Å². The number of carbonyl (C=O) groups excluding carboxylic acids is 2. The SMILES string of the molecule is O=C(Nc1ccc(Oc2cccc3ccccc23)cc1)[C@H]1CCCC[C@H]1C(=O)[O-]. The lowest BCUT2D eigenvalue weighted by atomic mass is 9.78. The number of fused-ring (bicyclic) bond motifs is 1. The Hall–Kier alpha value is -3.34. The van der Waals surface area contributed by atoms with Crippen molar-refractivity contribution in [2.75, 3.05) is 5.32 Å². The third-order valence-corrected chi connectivity index (χ3v) is 5.50. The molecule has 1 N–H and O–H groups in total. The van der Waals surface area contributed by atoms with Crippen molar-refractivity contribution in [3.8, 4) is 11.5 Å². The van der Waals surface area contributed by atoms with E-state index in [1.54, 1.807) is 24.3 Å². The number of carboxylic acid groups (broad SMARTS) is 1. The lowest BCUT2D eigenvalue weighted by Gasteiger charge is -2.31. The lowest BCUT2D eigenvalue weighted by molar-refractivity contribution is -0.313. The predicted molar refractivity (Wildman–Crippen MR) is 110 cm³/mol. The Morgan fingerprint density at radius 1 is 0.862 bits per heavy atom. The van der Waals surface area contributed by atoms with Crippen LogP contribution in [-0.2, 0) is 9.59 Å². The van der Waals surface area contributed by atoms with Gasteiger partial charge in [-0.2, -0.15) is 0 Å². The second-order valence-corrected chi connectivity index (χ2v) is 7.41. The molecule has 1 saturated carbocycles. The molecule has 1 aliphatic rings. The van der Waals surface area contributed by atoms with E-state index in [0.29, 0.717) is 24.3 Å². The minimum absolute atomic E-state index is 0.262. The summed E-state index contributed by atoms with van der Waals surface area (Å²) in [5.41, 5.74) is 0.614. The number of anilines is 1. The van der Waals surface area contributed by atoms with E-state index in [1.165, 1.54) is 0 Å². The summed E-state index contributed by atoms with van der Waals surface area (Å²) in [4.78, 5) is 23.9. The van der Waals surface area contributed by atoms with Gasteiger partial charge in [-0.15, -0.1) is 0 Å². The van der Waals surface area contributed by atoms with Crippen LogP contribution in [0.25, 0.3) is 10.8 Å². The highest BCUT2D eigenvalue weighted by Gasteiger charge is 2.31. The number of hydrogen-bond acceptors (Lipinski definition) is 4. The first-order valence-electron chi connectivity index (χ1n) is 9.89. The Morgan fingerprint density at radius 2 is 1.55 bits per heavy atom. The van der Waals surface area contributed by atoms with Crippen molar-refractivity contribution < 1.29 is 19.4 Å². The van der Waals surface area contributed by atoms with E-state index in [4.69, 9.17) is 4.74 Å². The Kier molecular flexibility index (Phi) is 5.47. The maximum Gasteiger partial charge on any atom is 0.228 e. The smallest absolute Gasteiger partial charge is 0.228 e. The van der Waals surface area contributed by atoms with Crippen LogP contribution < -0.4 is 15.2 Å². The van der Waals surface area contributed by atoms with Crippen LogP contribution in [0.4, 0.5) is 5.69 Å². The highest BCUT2D eigenvalue weighted by Crippen LogP contribution is 2.32. The summed E-state index contributed by atoms with van der Waals surface area (Å²) in [6.45, 7) is 0. The predicted octanol–water partition coefficient (Wildman–Crippen LogP) is 4.13. The summed E-state index contributed by atoms with van der Waals surface area (Å²) in [5.74, 6) is -1.23. The largest absolute Gasteiger partial charge is 0.550 e. The third kappa shape index (κ3) is 4.24. The molecule has 29 heavy (non-hydrogen) atoms. The molecule has 1 amide bonds. The van der Waals surface area contributed by atoms with Gasteiger partial charge < -0.3 is 20.0 Å². The maximum atomic E-state index is 12.6. The highest BCUT2D eigenvalue weighted by molar-refractivity contribution is 5.95. The molecule has 0 aromatic heterocycles. The number of nitrogens with one attached hydrogen (secondary N) is 1. The van der Waals surface area contributed by atoms with E-state index in [0.717, 1.165) is 29.4 Å². The van der Waals surface area contributed by atoms with Gasteiger partial charge >= 0.3 is 0 Å². The van der Waals surface area contributed by atoms with Gasteiger partial charge in [-0.1, -0.05) is 49.2 Å². The zero-order valence-electron chi connectivity index (χ0n) is 16.0. The number of hydrogen-bond donors (Lipinski definition) is 1. The molecule has 3 aromatic carbocycles. The second-order valence-electron chi connectivity index (χ2n) is 7.41. The molecule has 4 rings (SSSR count). The van der Waals surface area contributed by atoms with E-state index in [-0.39, 0.29) is 5.91 Å². The molecule has 1 aliphatic carbocycles. The first-order chi connectivity index (χ1) is 14.1. The summed E-state index contributed by atoms with van der Waals surface area (Å²) >= 11 is 0. The van der Waals surface area contributed by atoms with Crippen LogP contribution in [0.1, 0.15) is 25.7 Å². The fourth-order valence-corrected chi connectivity index (χ4v) is 3.98. The molecule has 0 aliphatic heterocycles. The molecule has 5 nitrogen and oxygen atoms in total. The molecular weight excluding hydrogens is 366 g/mol. The zero-order chi connectivity index (χ0) is 20.2. The van der Waals surface area contributed by atoms with Crippen LogP contribution in [-0.4, -0.2) is 11.9 Å². The van der Waals surface area contributed by atoms with Crippen molar-refractivity contribution in [2.24, 2.45) is 11.8 Å². The number of aliphatic carboxylic acids is 1. The van der Waals surface area contributed by atoms with E-state index < -0.39 is 17.8 Å². The Morgan fingerprint density at radius 3 is 2.31 bits per heavy atom. The van der Waals surface area contributed by atoms with Crippen LogP contribution in [0.3, 0.4) is 0 Å². The van der Waals surface area contributed by atoms with Crippen molar-refractivity contribution in [3.05, 3.63) is 66.7 Å². The monoisotopic (exact) mass is 388 g/mol. The van der Waals surface area contributed by atoms with Gasteiger partial charge in [-0.25, -0.2) is 0 Å². The Labute approximate surface area is 169 Å². The van der Waals surface area contributed by atoms with E-state index >= 15 is 0 Å². The first kappa shape index (κ1) is 19.0. The standard InChI is InChI=1S/C24H23NO4/c26-23(20-9-3-4-10-21(20)24(27)28)25-17-12-14-18(15-13-17)29-22-11-5-7-16-6-1-2-8-19(16)22/h1-2,5-8,11-15,20-21H,3-4,9-10H2,(H,25,26)(H,27,28)/p-1/t20-,21+/m0/s1. The molecule has 5 heteroatoms. The Bertz CT molecular complexity index is 1020. The molecule has 0 saturated heterocycles. The van der Waals surface area contributed by atoms with Crippen molar-refractivity contribution in [2.45, 2.75) is 25.7 Å². The quantitative estimate of drug-likeness (QED) is 0.713. The third-order valence-electron chi connectivity index (χ3n) is 5.50. The number of carbonyl (C=O) groups is 2. The summed E-state index contributed by atoms with van der Waals surface area (Å²) < 4.78 is 6.02. The summed E-state index contributed by atoms with van der Waals surface area (Å²) in [6, 6.07) is 21.0. The molecule has 0 spiro atoms. The van der Waals surface area contributed by atoms with Crippen LogP contribution in [0.15, 0.2) is 66.7 Å². The van der Waals surface area contributed by atoms with Crippen molar-refractivity contribution in [3.63, 3.8) is 0 Å². The molecule has 3 aromatic rings. The molecule has 0 radical (unpaired) electrons. The highest BCUT2D eigenvalue weighted by atomic mass is 16.5. The zero-order valence-corrected chi connectivity index (χ0v) is 16.0. The van der Waals surface area contributed by atoms with Gasteiger partial charge in [0.15, 0.2) is 0 Å². The van der Waals surface area contributed by atoms with E-state index in [9.17, 15) is 14.7 Å². The average Bonchev–Trinajstić information content (AvgIpc) is 2.75. The van der Waals surface area contributed by atoms with Crippen molar-refractivity contribution >= 4 is 28.3 Å². The molecule has 148 valence electrons. The maximum absolute atomic E-state index is 12.6. The van der Waals surface area contributed by atoms with Crippen LogP contribution in [0, 0.1) is 11.8 Å². The van der Waals surface area contributed by atoms with Crippen molar-refractivity contribution in [1.82, 2.24) is 0 Å². The minimum atomic E-state index is -1.14. The molecule has 0 unspecified atom stereocenters. The number of carboxylic acids is 1. The van der Waals surface area contributed by atoms with Gasteiger partial charge in [0, 0.05) is 28.9 Å². The van der Waals surface area contributed by atoms with E-state index in [1.807, 2.05) is 42.5 Å². The number of amides is 1. The molecular formula is C24H22NO4-. The van der Waals surface area contributed by atoms with Gasteiger partial charge in [0.25, 0.3) is 0 Å². The Balaban J connectivity index is 1.45. The molecule has 2 atom stereocenters. The van der Waals surface area contributed by atoms with Gasteiger partial charge in [0.05, 0.1) is 0 Å². The molecule has 1 fully saturated rings. The van der Waals surface area contributed by atoms with Crippen LogP contribution in [0.2, 0.25) is 0 Å². The number of rotatable bonds is 5. The van der Waals surface area contributed by atoms with Gasteiger partial charge in [0.2, 0.25) is 5.91 Å². The summed E-state index contributed by atoms with van der Waals surface area (Å²) in [7, 11) is 0.